The summed E-state index contributed by atoms with van der Waals surface area (Å²) in [7, 11) is 0. The van der Waals surface area contributed by atoms with E-state index in [-0.39, 0.29) is 12.6 Å². The number of aliphatic hydroxyl groups is 1. The van der Waals surface area contributed by atoms with E-state index in [2.05, 4.69) is 54.4 Å². The topological polar surface area (TPSA) is 35.5 Å². The van der Waals surface area contributed by atoms with Crippen molar-refractivity contribution in [2.24, 2.45) is 5.92 Å². The van der Waals surface area contributed by atoms with Crippen molar-refractivity contribution in [3.8, 4) is 0 Å². The van der Waals surface area contributed by atoms with E-state index in [0.29, 0.717) is 6.04 Å². The Labute approximate surface area is 129 Å². The molecule has 0 radical (unpaired) electrons. The molecule has 1 aromatic rings. The summed E-state index contributed by atoms with van der Waals surface area (Å²) in [5, 5.41) is 13.2. The molecule has 3 heteroatoms. The Morgan fingerprint density at radius 1 is 1.29 bits per heavy atom. The molecule has 2 unspecified atom stereocenters. The van der Waals surface area contributed by atoms with Crippen molar-refractivity contribution in [3.05, 3.63) is 35.9 Å². The maximum atomic E-state index is 9.56. The van der Waals surface area contributed by atoms with Crippen LogP contribution in [0.3, 0.4) is 0 Å². The third kappa shape index (κ3) is 5.42. The van der Waals surface area contributed by atoms with Crippen molar-refractivity contribution in [3.63, 3.8) is 0 Å². The molecule has 1 aromatic carbocycles. The molecule has 1 aliphatic rings. The number of piperazine rings is 1. The highest BCUT2D eigenvalue weighted by Gasteiger charge is 2.27. The molecule has 0 spiro atoms. The second-order valence-corrected chi connectivity index (χ2v) is 6.66. The van der Waals surface area contributed by atoms with E-state index < -0.39 is 0 Å². The van der Waals surface area contributed by atoms with E-state index in [4.69, 9.17) is 0 Å². The highest BCUT2D eigenvalue weighted by molar-refractivity contribution is 5.14. The number of rotatable bonds is 7. The van der Waals surface area contributed by atoms with Gasteiger partial charge >= 0.3 is 0 Å². The summed E-state index contributed by atoms with van der Waals surface area (Å²) in [5.74, 6) is 0.722. The first-order valence-corrected chi connectivity index (χ1v) is 8.31. The summed E-state index contributed by atoms with van der Waals surface area (Å²) in [6.07, 6.45) is 3.50. The van der Waals surface area contributed by atoms with Crippen LogP contribution in [-0.2, 0) is 6.42 Å². The lowest BCUT2D eigenvalue weighted by Gasteiger charge is -2.40. The molecule has 0 aliphatic carbocycles. The van der Waals surface area contributed by atoms with Crippen molar-refractivity contribution >= 4 is 0 Å². The zero-order valence-corrected chi connectivity index (χ0v) is 13.5. The highest BCUT2D eigenvalue weighted by atomic mass is 16.3. The van der Waals surface area contributed by atoms with Gasteiger partial charge in [-0.2, -0.15) is 0 Å². The second kappa shape index (κ2) is 8.52. The molecular formula is C18H30N2O. The fourth-order valence-corrected chi connectivity index (χ4v) is 3.24. The van der Waals surface area contributed by atoms with Gasteiger partial charge in [0.15, 0.2) is 0 Å². The van der Waals surface area contributed by atoms with E-state index >= 15 is 0 Å². The molecule has 2 N–H and O–H groups in total. The average molecular weight is 290 g/mol. The summed E-state index contributed by atoms with van der Waals surface area (Å²) >= 11 is 0. The maximum absolute atomic E-state index is 9.56. The van der Waals surface area contributed by atoms with Crippen LogP contribution in [0.2, 0.25) is 0 Å². The van der Waals surface area contributed by atoms with Gasteiger partial charge in [-0.15, -0.1) is 0 Å². The number of hydrogen-bond donors (Lipinski definition) is 2. The lowest BCUT2D eigenvalue weighted by Crippen LogP contribution is -2.58. The fourth-order valence-electron chi connectivity index (χ4n) is 3.24. The molecule has 1 heterocycles. The van der Waals surface area contributed by atoms with Gasteiger partial charge in [-0.3, -0.25) is 4.90 Å². The van der Waals surface area contributed by atoms with Crippen molar-refractivity contribution in [2.45, 2.75) is 45.2 Å². The summed E-state index contributed by atoms with van der Waals surface area (Å²) < 4.78 is 0. The molecule has 0 saturated carbocycles. The first-order chi connectivity index (χ1) is 10.2. The third-order valence-corrected chi connectivity index (χ3v) is 4.33. The number of nitrogens with zero attached hydrogens (tertiary/aromatic N) is 1. The Kier molecular flexibility index (Phi) is 6.68. The minimum atomic E-state index is 0.257. The minimum absolute atomic E-state index is 0.257. The molecule has 3 nitrogen and oxygen atoms in total. The smallest absolute Gasteiger partial charge is 0.0599 e. The van der Waals surface area contributed by atoms with E-state index in [1.807, 2.05) is 0 Å². The van der Waals surface area contributed by atoms with Crippen LogP contribution in [0.15, 0.2) is 30.3 Å². The lowest BCUT2D eigenvalue weighted by molar-refractivity contribution is 0.0751. The summed E-state index contributed by atoms with van der Waals surface area (Å²) in [4.78, 5) is 2.48. The van der Waals surface area contributed by atoms with E-state index in [1.54, 1.807) is 0 Å². The largest absolute Gasteiger partial charge is 0.395 e. The van der Waals surface area contributed by atoms with E-state index in [1.165, 1.54) is 12.0 Å². The molecule has 2 atom stereocenters. The molecule has 0 bridgehead atoms. The SMILES string of the molecule is CC(C)CC1CN(CCCc2ccccc2)C(CO)CN1. The Hall–Kier alpha value is -0.900. The second-order valence-electron chi connectivity index (χ2n) is 6.66. The van der Waals surface area contributed by atoms with Gasteiger partial charge in [0, 0.05) is 25.2 Å². The van der Waals surface area contributed by atoms with Crippen LogP contribution in [0.25, 0.3) is 0 Å². The Balaban J connectivity index is 1.80. The third-order valence-electron chi connectivity index (χ3n) is 4.33. The Morgan fingerprint density at radius 3 is 2.71 bits per heavy atom. The first-order valence-electron chi connectivity index (χ1n) is 8.31. The van der Waals surface area contributed by atoms with Crippen LogP contribution in [0.4, 0.5) is 0 Å². The quantitative estimate of drug-likeness (QED) is 0.809. The Bertz CT molecular complexity index is 393. The number of aliphatic hydroxyl groups excluding tert-OH is 1. The normalized spacial score (nSPS) is 23.6. The van der Waals surface area contributed by atoms with Crippen LogP contribution in [-0.4, -0.2) is 48.3 Å². The van der Waals surface area contributed by atoms with Gasteiger partial charge in [0.05, 0.1) is 6.61 Å². The zero-order chi connectivity index (χ0) is 15.1. The van der Waals surface area contributed by atoms with Gasteiger partial charge < -0.3 is 10.4 Å². The summed E-state index contributed by atoms with van der Waals surface area (Å²) in [5.41, 5.74) is 1.41. The molecule has 1 saturated heterocycles. The number of hydrogen-bond acceptors (Lipinski definition) is 3. The maximum Gasteiger partial charge on any atom is 0.0599 e. The zero-order valence-electron chi connectivity index (χ0n) is 13.5. The van der Waals surface area contributed by atoms with Crippen molar-refractivity contribution in [2.75, 3.05) is 26.2 Å². The molecule has 21 heavy (non-hydrogen) atoms. The first kappa shape index (κ1) is 16.5. The van der Waals surface area contributed by atoms with Crippen LogP contribution in [0.5, 0.6) is 0 Å². The molecule has 0 amide bonds. The van der Waals surface area contributed by atoms with Crippen molar-refractivity contribution in [1.82, 2.24) is 10.2 Å². The molecule has 118 valence electrons. The van der Waals surface area contributed by atoms with Gasteiger partial charge in [0.1, 0.15) is 0 Å². The lowest BCUT2D eigenvalue weighted by atomic mass is 9.99. The molecule has 0 aromatic heterocycles. The summed E-state index contributed by atoms with van der Waals surface area (Å²) in [6.45, 7) is 7.87. The van der Waals surface area contributed by atoms with Crippen LogP contribution in [0, 0.1) is 5.92 Å². The monoisotopic (exact) mass is 290 g/mol. The standard InChI is InChI=1S/C18H30N2O/c1-15(2)11-17-13-20(18(14-21)12-19-17)10-6-9-16-7-4-3-5-8-16/h3-5,7-8,15,17-19,21H,6,9-14H2,1-2H3. The van der Waals surface area contributed by atoms with E-state index in [9.17, 15) is 5.11 Å². The van der Waals surface area contributed by atoms with Gasteiger partial charge in [-0.05, 0) is 37.3 Å². The predicted molar refractivity (Wildman–Crippen MR) is 88.5 cm³/mol. The molecule has 1 aliphatic heterocycles. The molecule has 2 rings (SSSR count). The number of nitrogens with one attached hydrogen (secondary N) is 1. The average Bonchev–Trinajstić information content (AvgIpc) is 2.48. The minimum Gasteiger partial charge on any atom is -0.395 e. The van der Waals surface area contributed by atoms with E-state index in [0.717, 1.165) is 38.4 Å². The van der Waals surface area contributed by atoms with Crippen LogP contribution < -0.4 is 5.32 Å². The Morgan fingerprint density at radius 2 is 2.05 bits per heavy atom. The fraction of sp³-hybridized carbons (Fsp3) is 0.667. The van der Waals surface area contributed by atoms with Gasteiger partial charge in [0.25, 0.3) is 0 Å². The van der Waals surface area contributed by atoms with Crippen molar-refractivity contribution < 1.29 is 5.11 Å². The van der Waals surface area contributed by atoms with Gasteiger partial charge in [0.2, 0.25) is 0 Å². The van der Waals surface area contributed by atoms with Crippen LogP contribution in [0.1, 0.15) is 32.3 Å². The number of benzene rings is 1. The van der Waals surface area contributed by atoms with Crippen molar-refractivity contribution in [1.29, 1.82) is 0 Å². The summed E-state index contributed by atoms with van der Waals surface area (Å²) in [6, 6.07) is 11.5. The highest BCUT2D eigenvalue weighted by Crippen LogP contribution is 2.14. The number of aryl methyl sites for hydroxylation is 1. The van der Waals surface area contributed by atoms with Gasteiger partial charge in [-0.25, -0.2) is 0 Å². The predicted octanol–water partition coefficient (Wildman–Crippen LogP) is 2.30. The molecule has 1 fully saturated rings. The molecular weight excluding hydrogens is 260 g/mol. The van der Waals surface area contributed by atoms with Gasteiger partial charge in [-0.1, -0.05) is 44.2 Å². The van der Waals surface area contributed by atoms with Crippen LogP contribution >= 0.6 is 0 Å².